The van der Waals surface area contributed by atoms with Gasteiger partial charge in [-0.1, -0.05) is 34.1 Å². The highest BCUT2D eigenvalue weighted by molar-refractivity contribution is 9.09. The maximum absolute atomic E-state index is 11.9. The molecule has 1 fully saturated rings. The van der Waals surface area contributed by atoms with Gasteiger partial charge in [0, 0.05) is 16.4 Å². The van der Waals surface area contributed by atoms with Gasteiger partial charge >= 0.3 is 0 Å². The molecular weight excluding hydrogens is 294 g/mol. The molecule has 1 aliphatic rings. The molecule has 0 radical (unpaired) electrons. The summed E-state index contributed by atoms with van der Waals surface area (Å²) in [6.07, 6.45) is 4.54. The molecular formula is C14H18BrNO2. The molecule has 98 valence electrons. The highest BCUT2D eigenvalue weighted by Gasteiger charge is 2.20. The number of halogens is 1. The van der Waals surface area contributed by atoms with E-state index in [0.29, 0.717) is 10.4 Å². The van der Waals surface area contributed by atoms with E-state index in [-0.39, 0.29) is 24.1 Å². The van der Waals surface area contributed by atoms with Crippen molar-refractivity contribution in [2.24, 2.45) is 0 Å². The molecule has 0 atom stereocenters. The minimum atomic E-state index is -0.00507. The lowest BCUT2D eigenvalue weighted by molar-refractivity contribution is -0.121. The third kappa shape index (κ3) is 3.73. The van der Waals surface area contributed by atoms with Crippen molar-refractivity contribution < 1.29 is 9.90 Å². The molecule has 1 amide bonds. The number of benzene rings is 1. The molecule has 1 aromatic rings. The second kappa shape index (κ2) is 6.23. The summed E-state index contributed by atoms with van der Waals surface area (Å²) in [6, 6.07) is 7.27. The summed E-state index contributed by atoms with van der Waals surface area (Å²) in [6.45, 7) is 0. The Labute approximate surface area is 116 Å². The smallest absolute Gasteiger partial charge is 0.224 e. The summed E-state index contributed by atoms with van der Waals surface area (Å²) in [5.74, 6) is 0.186. The van der Waals surface area contributed by atoms with Crippen LogP contribution in [0.15, 0.2) is 24.3 Å². The summed E-state index contributed by atoms with van der Waals surface area (Å²) >= 11 is 3.60. The molecule has 0 bridgehead atoms. The van der Waals surface area contributed by atoms with Crippen LogP contribution in [0.25, 0.3) is 0 Å². The van der Waals surface area contributed by atoms with E-state index in [2.05, 4.69) is 21.2 Å². The van der Waals surface area contributed by atoms with Crippen LogP contribution in [0.3, 0.4) is 0 Å². The zero-order valence-corrected chi connectivity index (χ0v) is 11.8. The lowest BCUT2D eigenvalue weighted by atomic mass is 9.95. The van der Waals surface area contributed by atoms with E-state index in [1.54, 1.807) is 18.2 Å². The lowest BCUT2D eigenvalue weighted by Gasteiger charge is -2.26. The Kier molecular flexibility index (Phi) is 4.64. The van der Waals surface area contributed by atoms with Crippen molar-refractivity contribution in [2.45, 2.75) is 43.0 Å². The Balaban J connectivity index is 1.84. The lowest BCUT2D eigenvalue weighted by Crippen LogP contribution is -2.38. The quantitative estimate of drug-likeness (QED) is 0.843. The molecule has 0 saturated heterocycles. The molecule has 3 nitrogen and oxygen atoms in total. The van der Waals surface area contributed by atoms with E-state index in [1.165, 1.54) is 0 Å². The zero-order valence-electron chi connectivity index (χ0n) is 10.2. The van der Waals surface area contributed by atoms with Gasteiger partial charge in [-0.15, -0.1) is 0 Å². The van der Waals surface area contributed by atoms with Crippen LogP contribution < -0.4 is 5.32 Å². The number of carbonyl (C=O) groups is 1. The molecule has 4 heteroatoms. The van der Waals surface area contributed by atoms with Gasteiger partial charge in [-0.2, -0.15) is 0 Å². The molecule has 18 heavy (non-hydrogen) atoms. The average molecular weight is 312 g/mol. The van der Waals surface area contributed by atoms with Crippen molar-refractivity contribution in [1.82, 2.24) is 5.32 Å². The number of nitrogens with one attached hydrogen (secondary N) is 1. The van der Waals surface area contributed by atoms with Crippen LogP contribution in [0.2, 0.25) is 0 Å². The van der Waals surface area contributed by atoms with Crippen molar-refractivity contribution in [2.75, 3.05) is 0 Å². The molecule has 1 aliphatic carbocycles. The Morgan fingerprint density at radius 1 is 1.28 bits per heavy atom. The average Bonchev–Trinajstić information content (AvgIpc) is 2.35. The summed E-state index contributed by atoms with van der Waals surface area (Å²) in [4.78, 5) is 12.5. The van der Waals surface area contributed by atoms with Crippen molar-refractivity contribution in [3.8, 4) is 5.75 Å². The van der Waals surface area contributed by atoms with Gasteiger partial charge in [0.1, 0.15) is 5.75 Å². The van der Waals surface area contributed by atoms with E-state index in [1.807, 2.05) is 6.07 Å². The van der Waals surface area contributed by atoms with Gasteiger partial charge < -0.3 is 10.4 Å². The number of para-hydroxylation sites is 1. The number of phenols is 1. The van der Waals surface area contributed by atoms with Crippen molar-refractivity contribution in [1.29, 1.82) is 0 Å². The summed E-state index contributed by atoms with van der Waals surface area (Å²) in [7, 11) is 0. The normalized spacial score (nSPS) is 23.6. The number of phenolic OH excluding ortho intramolecular Hbond substituents is 1. The third-order valence-electron chi connectivity index (χ3n) is 3.36. The number of hydrogen-bond donors (Lipinski definition) is 2. The molecule has 2 N–H and O–H groups in total. The van der Waals surface area contributed by atoms with E-state index >= 15 is 0 Å². The van der Waals surface area contributed by atoms with Crippen LogP contribution in [0, 0.1) is 0 Å². The first-order chi connectivity index (χ1) is 8.65. The Hall–Kier alpha value is -1.03. The fourth-order valence-corrected chi connectivity index (χ4v) is 2.84. The number of carbonyl (C=O) groups excluding carboxylic acids is 1. The number of alkyl halides is 1. The van der Waals surface area contributed by atoms with E-state index < -0.39 is 0 Å². The first-order valence-corrected chi connectivity index (χ1v) is 7.27. The molecule has 1 aromatic carbocycles. The highest BCUT2D eigenvalue weighted by atomic mass is 79.9. The summed E-state index contributed by atoms with van der Waals surface area (Å²) in [5.41, 5.74) is 0.684. The van der Waals surface area contributed by atoms with Crippen molar-refractivity contribution >= 4 is 21.8 Å². The summed E-state index contributed by atoms with van der Waals surface area (Å²) < 4.78 is 0. The SMILES string of the molecule is O=C(Cc1ccccc1O)NC1CCC(Br)CC1. The fraction of sp³-hybridized carbons (Fsp3) is 0.500. The third-order valence-corrected chi connectivity index (χ3v) is 4.28. The van der Waals surface area contributed by atoms with Crippen LogP contribution in [-0.2, 0) is 11.2 Å². The predicted octanol–water partition coefficient (Wildman–Crippen LogP) is 2.76. The van der Waals surface area contributed by atoms with Gasteiger partial charge in [-0.25, -0.2) is 0 Å². The van der Waals surface area contributed by atoms with Crippen LogP contribution in [0.1, 0.15) is 31.2 Å². The fourth-order valence-electron chi connectivity index (χ4n) is 2.31. The largest absolute Gasteiger partial charge is 0.508 e. The Morgan fingerprint density at radius 3 is 2.61 bits per heavy atom. The monoisotopic (exact) mass is 311 g/mol. The minimum Gasteiger partial charge on any atom is -0.508 e. The first kappa shape index (κ1) is 13.4. The molecule has 2 rings (SSSR count). The maximum atomic E-state index is 11.9. The van der Waals surface area contributed by atoms with Gasteiger partial charge in [0.25, 0.3) is 0 Å². The van der Waals surface area contributed by atoms with Gasteiger partial charge in [-0.3, -0.25) is 4.79 Å². The van der Waals surface area contributed by atoms with Gasteiger partial charge in [0.2, 0.25) is 5.91 Å². The molecule has 0 aliphatic heterocycles. The topological polar surface area (TPSA) is 49.3 Å². The zero-order chi connectivity index (χ0) is 13.0. The van der Waals surface area contributed by atoms with Crippen LogP contribution in [0.4, 0.5) is 0 Å². The number of amides is 1. The molecule has 1 saturated carbocycles. The molecule has 0 spiro atoms. The maximum Gasteiger partial charge on any atom is 0.224 e. The van der Waals surface area contributed by atoms with E-state index in [0.717, 1.165) is 25.7 Å². The summed E-state index contributed by atoms with van der Waals surface area (Å²) in [5, 5.41) is 12.7. The molecule has 0 unspecified atom stereocenters. The van der Waals surface area contributed by atoms with Crippen molar-refractivity contribution in [3.63, 3.8) is 0 Å². The standard InChI is InChI=1S/C14H18BrNO2/c15-11-5-7-12(8-6-11)16-14(18)9-10-3-1-2-4-13(10)17/h1-4,11-12,17H,5-9H2,(H,16,18). The van der Waals surface area contributed by atoms with Crippen molar-refractivity contribution in [3.05, 3.63) is 29.8 Å². The van der Waals surface area contributed by atoms with Gasteiger partial charge in [0.15, 0.2) is 0 Å². The minimum absolute atomic E-state index is 0.00507. The van der Waals surface area contributed by atoms with Crippen LogP contribution in [-0.4, -0.2) is 21.9 Å². The second-order valence-electron chi connectivity index (χ2n) is 4.82. The molecule has 0 aromatic heterocycles. The van der Waals surface area contributed by atoms with E-state index in [4.69, 9.17) is 0 Å². The number of rotatable bonds is 3. The van der Waals surface area contributed by atoms with Gasteiger partial charge in [0.05, 0.1) is 6.42 Å². The second-order valence-corrected chi connectivity index (χ2v) is 6.12. The highest BCUT2D eigenvalue weighted by Crippen LogP contribution is 2.24. The number of aromatic hydroxyl groups is 1. The number of hydrogen-bond acceptors (Lipinski definition) is 2. The van der Waals surface area contributed by atoms with Crippen LogP contribution >= 0.6 is 15.9 Å². The van der Waals surface area contributed by atoms with Gasteiger partial charge in [-0.05, 0) is 31.7 Å². The first-order valence-electron chi connectivity index (χ1n) is 6.35. The molecule has 0 heterocycles. The van der Waals surface area contributed by atoms with E-state index in [9.17, 15) is 9.90 Å². The predicted molar refractivity (Wildman–Crippen MR) is 74.9 cm³/mol. The Bertz CT molecular complexity index is 414. The van der Waals surface area contributed by atoms with Crippen LogP contribution in [0.5, 0.6) is 5.75 Å². The Morgan fingerprint density at radius 2 is 1.94 bits per heavy atom.